The van der Waals surface area contributed by atoms with Crippen molar-refractivity contribution in [2.75, 3.05) is 12.0 Å². The maximum Gasteiger partial charge on any atom is 0.300 e. The molecule has 1 aliphatic rings. The molecular formula is C30H20Cl2FNO5. The van der Waals surface area contributed by atoms with Gasteiger partial charge in [0.05, 0.1) is 29.3 Å². The minimum Gasteiger partial charge on any atom is -0.507 e. The first kappa shape index (κ1) is 26.3. The van der Waals surface area contributed by atoms with Crippen molar-refractivity contribution in [3.8, 4) is 17.2 Å². The lowest BCUT2D eigenvalue weighted by Crippen LogP contribution is -2.29. The van der Waals surface area contributed by atoms with Crippen LogP contribution in [0.25, 0.3) is 5.76 Å². The molecule has 1 aliphatic heterocycles. The number of hydrogen-bond donors (Lipinski definition) is 1. The predicted octanol–water partition coefficient (Wildman–Crippen LogP) is 7.56. The number of amides is 1. The number of halogens is 3. The standard InChI is InChI=1S/C30H20Cl2FNO5/c1-38-29-23(14-18(31)15-24(29)32)27(35)25-26(34(30(37)28(25)36)20-9-6-8-19(33)16-20)17-7-5-12-22(13-17)39-21-10-3-2-4-11-21/h2-16,26,35H,1H3/b27-25+. The molecule has 0 spiro atoms. The van der Waals surface area contributed by atoms with Gasteiger partial charge in [-0.2, -0.15) is 0 Å². The smallest absolute Gasteiger partial charge is 0.300 e. The summed E-state index contributed by atoms with van der Waals surface area (Å²) in [5.41, 5.74) is 0.332. The monoisotopic (exact) mass is 563 g/mol. The lowest BCUT2D eigenvalue weighted by Gasteiger charge is -2.26. The van der Waals surface area contributed by atoms with Crippen LogP contribution in [-0.2, 0) is 9.59 Å². The Hall–Kier alpha value is -4.33. The minimum atomic E-state index is -1.14. The molecule has 5 rings (SSSR count). The van der Waals surface area contributed by atoms with Crippen molar-refractivity contribution in [1.29, 1.82) is 0 Å². The van der Waals surface area contributed by atoms with E-state index in [0.717, 1.165) is 11.0 Å². The molecule has 1 saturated heterocycles. The summed E-state index contributed by atoms with van der Waals surface area (Å²) in [6.45, 7) is 0. The van der Waals surface area contributed by atoms with Crippen molar-refractivity contribution in [2.45, 2.75) is 6.04 Å². The van der Waals surface area contributed by atoms with Crippen molar-refractivity contribution < 1.29 is 28.6 Å². The Balaban J connectivity index is 1.73. The number of carbonyl (C=O) groups excluding carboxylic acids is 2. The summed E-state index contributed by atoms with van der Waals surface area (Å²) in [5, 5.41) is 11.8. The van der Waals surface area contributed by atoms with Crippen LogP contribution in [-0.4, -0.2) is 23.9 Å². The Morgan fingerprint density at radius 3 is 2.33 bits per heavy atom. The highest BCUT2D eigenvalue weighted by atomic mass is 35.5. The van der Waals surface area contributed by atoms with Gasteiger partial charge in [0.25, 0.3) is 11.7 Å². The van der Waals surface area contributed by atoms with Crippen LogP contribution in [0.3, 0.4) is 0 Å². The van der Waals surface area contributed by atoms with E-state index < -0.39 is 29.3 Å². The third-order valence-electron chi connectivity index (χ3n) is 6.15. The van der Waals surface area contributed by atoms with Gasteiger partial charge in [0.2, 0.25) is 0 Å². The molecule has 4 aromatic rings. The number of rotatable bonds is 6. The number of ketones is 1. The molecule has 0 saturated carbocycles. The van der Waals surface area contributed by atoms with Gasteiger partial charge in [-0.05, 0) is 60.2 Å². The number of para-hydroxylation sites is 1. The fraction of sp³-hybridized carbons (Fsp3) is 0.0667. The molecule has 0 aliphatic carbocycles. The van der Waals surface area contributed by atoms with Gasteiger partial charge in [-0.25, -0.2) is 4.39 Å². The second-order valence-corrected chi connectivity index (χ2v) is 9.45. The molecule has 6 nitrogen and oxygen atoms in total. The van der Waals surface area contributed by atoms with Crippen molar-refractivity contribution in [3.05, 3.63) is 124 Å². The van der Waals surface area contributed by atoms with E-state index in [4.69, 9.17) is 32.7 Å². The average Bonchev–Trinajstić information content (AvgIpc) is 3.19. The van der Waals surface area contributed by atoms with E-state index in [1.165, 1.54) is 37.4 Å². The molecule has 0 radical (unpaired) electrons. The molecule has 1 fully saturated rings. The van der Waals surface area contributed by atoms with Crippen LogP contribution >= 0.6 is 23.2 Å². The zero-order valence-electron chi connectivity index (χ0n) is 20.4. The largest absolute Gasteiger partial charge is 0.507 e. The zero-order valence-corrected chi connectivity index (χ0v) is 21.9. The van der Waals surface area contributed by atoms with E-state index in [2.05, 4.69) is 0 Å². The number of nitrogens with zero attached hydrogens (tertiary/aromatic N) is 1. The van der Waals surface area contributed by atoms with Crippen LogP contribution in [0.1, 0.15) is 17.2 Å². The van der Waals surface area contributed by atoms with Gasteiger partial charge in [0, 0.05) is 10.7 Å². The van der Waals surface area contributed by atoms with E-state index >= 15 is 0 Å². The zero-order chi connectivity index (χ0) is 27.7. The molecule has 39 heavy (non-hydrogen) atoms. The lowest BCUT2D eigenvalue weighted by atomic mass is 9.94. The van der Waals surface area contributed by atoms with Crippen LogP contribution in [0.2, 0.25) is 10.0 Å². The SMILES string of the molecule is COc1c(Cl)cc(Cl)cc1/C(O)=C1\C(=O)C(=O)N(c2cccc(F)c2)C1c1cccc(Oc2ccccc2)c1. The Morgan fingerprint density at radius 2 is 1.62 bits per heavy atom. The summed E-state index contributed by atoms with van der Waals surface area (Å²) < 4.78 is 25.6. The maximum absolute atomic E-state index is 14.2. The number of aliphatic hydroxyl groups excluding tert-OH is 1. The molecule has 1 N–H and O–H groups in total. The van der Waals surface area contributed by atoms with E-state index in [1.54, 1.807) is 36.4 Å². The van der Waals surface area contributed by atoms with Crippen molar-refractivity contribution in [1.82, 2.24) is 0 Å². The van der Waals surface area contributed by atoms with Gasteiger partial charge < -0.3 is 14.6 Å². The van der Waals surface area contributed by atoms with Gasteiger partial charge in [0.1, 0.15) is 28.8 Å². The molecule has 1 atom stereocenters. The van der Waals surface area contributed by atoms with Crippen LogP contribution in [0.4, 0.5) is 10.1 Å². The highest BCUT2D eigenvalue weighted by Gasteiger charge is 2.47. The summed E-state index contributed by atoms with van der Waals surface area (Å²) in [6.07, 6.45) is 0. The number of anilines is 1. The highest BCUT2D eigenvalue weighted by Crippen LogP contribution is 2.45. The van der Waals surface area contributed by atoms with E-state index in [1.807, 2.05) is 18.2 Å². The summed E-state index contributed by atoms with van der Waals surface area (Å²) in [7, 11) is 1.35. The topological polar surface area (TPSA) is 76.1 Å². The minimum absolute atomic E-state index is 0.0222. The van der Waals surface area contributed by atoms with Gasteiger partial charge >= 0.3 is 0 Å². The fourth-order valence-electron chi connectivity index (χ4n) is 4.50. The number of hydrogen-bond acceptors (Lipinski definition) is 5. The third-order valence-corrected chi connectivity index (χ3v) is 6.65. The van der Waals surface area contributed by atoms with Crippen LogP contribution in [0.15, 0.2) is 96.6 Å². The van der Waals surface area contributed by atoms with Gasteiger partial charge in [-0.1, -0.05) is 59.6 Å². The van der Waals surface area contributed by atoms with Crippen LogP contribution in [0.5, 0.6) is 17.2 Å². The average molecular weight is 564 g/mol. The predicted molar refractivity (Wildman–Crippen MR) is 147 cm³/mol. The number of Topliss-reactive ketones (excluding diaryl/α,β-unsaturated/α-hetero) is 1. The molecule has 1 heterocycles. The summed E-state index contributed by atoms with van der Waals surface area (Å²) in [6, 6.07) is 22.7. The van der Waals surface area contributed by atoms with Crippen LogP contribution in [0, 0.1) is 5.82 Å². The first-order valence-electron chi connectivity index (χ1n) is 11.7. The van der Waals surface area contributed by atoms with E-state index in [-0.39, 0.29) is 32.6 Å². The van der Waals surface area contributed by atoms with Gasteiger partial charge in [-0.15, -0.1) is 0 Å². The number of carbonyl (C=O) groups is 2. The molecule has 1 amide bonds. The third kappa shape index (κ3) is 5.06. The van der Waals surface area contributed by atoms with Crippen LogP contribution < -0.4 is 14.4 Å². The van der Waals surface area contributed by atoms with Crippen molar-refractivity contribution in [2.24, 2.45) is 0 Å². The molecule has 0 bridgehead atoms. The number of methoxy groups -OCH3 is 1. The molecule has 9 heteroatoms. The molecular weight excluding hydrogens is 544 g/mol. The second-order valence-electron chi connectivity index (χ2n) is 8.60. The second kappa shape index (κ2) is 10.8. The van der Waals surface area contributed by atoms with Gasteiger partial charge in [-0.3, -0.25) is 14.5 Å². The molecule has 1 unspecified atom stereocenters. The van der Waals surface area contributed by atoms with Gasteiger partial charge in [0.15, 0.2) is 0 Å². The molecule has 0 aromatic heterocycles. The van der Waals surface area contributed by atoms with Crippen molar-refractivity contribution >= 4 is 46.3 Å². The Labute approximate surface area is 233 Å². The Morgan fingerprint density at radius 1 is 0.897 bits per heavy atom. The highest BCUT2D eigenvalue weighted by molar-refractivity contribution is 6.52. The van der Waals surface area contributed by atoms with E-state index in [9.17, 15) is 19.1 Å². The number of benzene rings is 4. The number of aliphatic hydroxyl groups is 1. The summed E-state index contributed by atoms with van der Waals surface area (Å²) >= 11 is 12.5. The Bertz CT molecular complexity index is 1620. The first-order chi connectivity index (χ1) is 18.8. The molecule has 196 valence electrons. The fourth-order valence-corrected chi connectivity index (χ4v) is 5.07. The van der Waals surface area contributed by atoms with E-state index in [0.29, 0.717) is 17.1 Å². The Kier molecular flexibility index (Phi) is 7.28. The summed E-state index contributed by atoms with van der Waals surface area (Å²) in [5.74, 6) is -2.01. The normalized spacial score (nSPS) is 16.4. The lowest BCUT2D eigenvalue weighted by molar-refractivity contribution is -0.132. The first-order valence-corrected chi connectivity index (χ1v) is 12.5. The van der Waals surface area contributed by atoms with Crippen molar-refractivity contribution in [3.63, 3.8) is 0 Å². The maximum atomic E-state index is 14.2. The quantitative estimate of drug-likeness (QED) is 0.149. The summed E-state index contributed by atoms with van der Waals surface area (Å²) in [4.78, 5) is 28.0. The number of ether oxygens (including phenoxy) is 2. The molecule has 4 aromatic carbocycles.